The van der Waals surface area contributed by atoms with Crippen LogP contribution < -0.4 is 5.32 Å². The standard InChI is InChI=1S/C49H81N3O13/c1-29-22-30(2)24-41(62-7)45-42(63-8)26-32(4)49(60,65-45)46(57)47(58)52-19-10-9-13-36(52)48(59)64-44(31(3)25-34-15-16-37(53)40(27-34)61-6)33(5)38(54)28-39(55)35(23-29)12-11-14-43(56)51-20-17-50-18-21-51/h23,25,30,32-42,44-45,50,53-55,60H,9-22,24,26-28H2,1-8H3/b29-23+,31-25+/t30-,32+,33+,34-,35+,36-,37+,38-,39?,40+,41-,42-,44+,45+,49+/m0/s1. The smallest absolute Gasteiger partial charge is 0.329 e. The quantitative estimate of drug-likeness (QED) is 0.127. The van der Waals surface area contributed by atoms with Crippen molar-refractivity contribution in [3.63, 3.8) is 0 Å². The number of carbonyl (C=O) groups is 4. The van der Waals surface area contributed by atoms with Crippen molar-refractivity contribution >= 4 is 23.6 Å². The van der Waals surface area contributed by atoms with Crippen molar-refractivity contribution in [1.29, 1.82) is 0 Å². The number of methoxy groups -OCH3 is 3. The highest BCUT2D eigenvalue weighted by Crippen LogP contribution is 2.39. The maximum absolute atomic E-state index is 14.5. The predicted octanol–water partition coefficient (Wildman–Crippen LogP) is 3.46. The highest BCUT2D eigenvalue weighted by atomic mass is 16.7. The number of nitrogens with zero attached hydrogens (tertiary/aromatic N) is 2. The van der Waals surface area contributed by atoms with Gasteiger partial charge in [0.1, 0.15) is 18.2 Å². The van der Waals surface area contributed by atoms with Crippen LogP contribution in [0.25, 0.3) is 0 Å². The fraction of sp³-hybridized carbons (Fsp3) is 0.837. The molecule has 65 heavy (non-hydrogen) atoms. The van der Waals surface area contributed by atoms with Crippen LogP contribution in [0, 0.1) is 29.6 Å². The minimum atomic E-state index is -2.53. The second-order valence-corrected chi connectivity index (χ2v) is 20.0. The minimum Gasteiger partial charge on any atom is -0.456 e. The molecule has 2 bridgehead atoms. The van der Waals surface area contributed by atoms with Crippen molar-refractivity contribution < 1.29 is 63.3 Å². The Balaban J connectivity index is 1.52. The summed E-state index contributed by atoms with van der Waals surface area (Å²) < 4.78 is 30.1. The number of hydrogen-bond donors (Lipinski definition) is 5. The Labute approximate surface area is 386 Å². The molecule has 1 aliphatic carbocycles. The number of Topliss-reactive ketones (excluding diaryl/α,β-unsaturated/α-hetero) is 1. The molecule has 4 aliphatic heterocycles. The lowest BCUT2D eigenvalue weighted by Gasteiger charge is -2.47. The van der Waals surface area contributed by atoms with Crippen LogP contribution in [-0.4, -0.2) is 169 Å². The molecule has 4 fully saturated rings. The number of piperidine rings is 1. The largest absolute Gasteiger partial charge is 0.456 e. The van der Waals surface area contributed by atoms with E-state index in [1.165, 1.54) is 19.1 Å². The van der Waals surface area contributed by atoms with Crippen LogP contribution in [0.2, 0.25) is 0 Å². The molecule has 0 aromatic carbocycles. The lowest BCUT2D eigenvalue weighted by Crippen LogP contribution is -2.64. The van der Waals surface area contributed by atoms with Gasteiger partial charge in [-0.15, -0.1) is 0 Å². The molecule has 0 spiro atoms. The number of cyclic esters (lactones) is 1. The zero-order valence-electron chi connectivity index (χ0n) is 40.3. The first-order valence-electron chi connectivity index (χ1n) is 24.3. The zero-order valence-corrected chi connectivity index (χ0v) is 40.3. The summed E-state index contributed by atoms with van der Waals surface area (Å²) in [7, 11) is 4.63. The number of carbonyl (C=O) groups excluding carboxylic acids is 4. The van der Waals surface area contributed by atoms with Gasteiger partial charge in [0.05, 0.1) is 36.6 Å². The van der Waals surface area contributed by atoms with Gasteiger partial charge in [0.25, 0.3) is 11.7 Å². The minimum absolute atomic E-state index is 0.00623. The van der Waals surface area contributed by atoms with E-state index in [1.807, 2.05) is 30.9 Å². The number of ether oxygens (including phenoxy) is 5. The molecule has 5 N–H and O–H groups in total. The fourth-order valence-corrected chi connectivity index (χ4v) is 11.0. The lowest BCUT2D eigenvalue weighted by molar-refractivity contribution is -0.302. The van der Waals surface area contributed by atoms with Crippen molar-refractivity contribution in [3.8, 4) is 0 Å². The zero-order chi connectivity index (χ0) is 47.6. The second-order valence-electron chi connectivity index (χ2n) is 20.0. The Kier molecular flexibility index (Phi) is 20.0. The highest BCUT2D eigenvalue weighted by molar-refractivity contribution is 6.39. The predicted molar refractivity (Wildman–Crippen MR) is 242 cm³/mol. The van der Waals surface area contributed by atoms with Crippen LogP contribution in [0.1, 0.15) is 118 Å². The average molecular weight is 920 g/mol. The van der Waals surface area contributed by atoms with E-state index in [0.29, 0.717) is 82.9 Å². The van der Waals surface area contributed by atoms with Gasteiger partial charge in [0.2, 0.25) is 11.7 Å². The first-order chi connectivity index (χ1) is 30.9. The van der Waals surface area contributed by atoms with Crippen molar-refractivity contribution in [2.45, 2.75) is 179 Å². The molecule has 16 nitrogen and oxygen atoms in total. The number of rotatable bonds is 9. The first kappa shape index (κ1) is 53.2. The SMILES string of the molecule is CO[C@H]1C[C@@H](C)C/C(C)=C/[C@@H](CCCC(=O)N2CCNCC2)C(O)C[C@H](O)[C@@H](C)[C@@H](/C(C)=C/[C@@H]2CC[C@@H](O)[C@H](OC)C2)OC(=O)[C@@H]2CCCCN2C(=O)C(=O)[C@]2(O)O[C@H]1[C@@H](OC)C[C@H]2C. The molecule has 16 heteroatoms. The van der Waals surface area contributed by atoms with Gasteiger partial charge in [-0.25, -0.2) is 4.79 Å². The van der Waals surface area contributed by atoms with Crippen molar-refractivity contribution in [2.75, 3.05) is 54.1 Å². The molecule has 1 unspecified atom stereocenters. The number of allylic oxidation sites excluding steroid dienone is 2. The number of esters is 1. The van der Waals surface area contributed by atoms with E-state index in [1.54, 1.807) is 21.0 Å². The van der Waals surface area contributed by atoms with Gasteiger partial charge >= 0.3 is 5.97 Å². The molecule has 2 amide bonds. The molecule has 15 atom stereocenters. The highest BCUT2D eigenvalue weighted by Gasteiger charge is 2.56. The van der Waals surface area contributed by atoms with Crippen LogP contribution in [0.15, 0.2) is 23.3 Å². The lowest BCUT2D eigenvalue weighted by atomic mass is 9.81. The van der Waals surface area contributed by atoms with E-state index in [-0.39, 0.29) is 49.7 Å². The van der Waals surface area contributed by atoms with Crippen LogP contribution in [0.3, 0.4) is 0 Å². The van der Waals surface area contributed by atoms with Gasteiger partial charge in [-0.2, -0.15) is 0 Å². The van der Waals surface area contributed by atoms with Gasteiger partial charge in [0, 0.05) is 84.6 Å². The van der Waals surface area contributed by atoms with E-state index < -0.39 is 90.0 Å². The molecule has 370 valence electrons. The maximum Gasteiger partial charge on any atom is 0.329 e. The summed E-state index contributed by atoms with van der Waals surface area (Å²) in [5.74, 6) is -7.42. The van der Waals surface area contributed by atoms with E-state index in [4.69, 9.17) is 23.7 Å². The molecule has 5 rings (SSSR count). The monoisotopic (exact) mass is 920 g/mol. The molecule has 4 heterocycles. The Morgan fingerprint density at radius 1 is 0.877 bits per heavy atom. The number of aliphatic hydroxyl groups is 4. The summed E-state index contributed by atoms with van der Waals surface area (Å²) >= 11 is 0. The van der Waals surface area contributed by atoms with Gasteiger partial charge < -0.3 is 59.2 Å². The van der Waals surface area contributed by atoms with E-state index in [2.05, 4.69) is 12.2 Å². The number of ketones is 1. The van der Waals surface area contributed by atoms with E-state index in [9.17, 15) is 39.6 Å². The molecular formula is C49H81N3O13. The van der Waals surface area contributed by atoms with Crippen molar-refractivity contribution in [2.24, 2.45) is 29.6 Å². The first-order valence-corrected chi connectivity index (χ1v) is 24.3. The van der Waals surface area contributed by atoms with E-state index in [0.717, 1.165) is 18.7 Å². The summed E-state index contributed by atoms with van der Waals surface area (Å²) in [4.78, 5) is 59.4. The van der Waals surface area contributed by atoms with Crippen LogP contribution in [0.5, 0.6) is 0 Å². The normalized spacial score (nSPS) is 40.0. The number of piperazine rings is 1. The third kappa shape index (κ3) is 13.5. The third-order valence-electron chi connectivity index (χ3n) is 15.0. The summed E-state index contributed by atoms with van der Waals surface area (Å²) in [5, 5.41) is 50.0. The summed E-state index contributed by atoms with van der Waals surface area (Å²) in [6, 6.07) is -1.15. The summed E-state index contributed by atoms with van der Waals surface area (Å²) in [5.41, 5.74) is 1.66. The Morgan fingerprint density at radius 2 is 1.55 bits per heavy atom. The van der Waals surface area contributed by atoms with Gasteiger partial charge in [-0.1, -0.05) is 38.5 Å². The van der Waals surface area contributed by atoms with E-state index >= 15 is 0 Å². The van der Waals surface area contributed by atoms with Gasteiger partial charge in [-0.3, -0.25) is 14.4 Å². The van der Waals surface area contributed by atoms with Crippen LogP contribution in [-0.2, 0) is 42.9 Å². The fourth-order valence-electron chi connectivity index (χ4n) is 11.0. The second kappa shape index (κ2) is 24.5. The molecule has 0 aromatic heterocycles. The molecule has 1 saturated carbocycles. The summed E-state index contributed by atoms with van der Waals surface area (Å²) in [6.45, 7) is 12.2. The Bertz CT molecular complexity index is 1650. The Morgan fingerprint density at radius 3 is 2.23 bits per heavy atom. The number of fused-ring (bicyclic) bond motifs is 3. The number of nitrogens with one attached hydrogen (secondary N) is 1. The van der Waals surface area contributed by atoms with Crippen molar-refractivity contribution in [3.05, 3.63) is 23.3 Å². The third-order valence-corrected chi connectivity index (χ3v) is 15.0. The number of aliphatic hydroxyl groups excluding tert-OH is 3. The van der Waals surface area contributed by atoms with Crippen LogP contribution >= 0.6 is 0 Å². The average Bonchev–Trinajstić information content (AvgIpc) is 3.29. The molecule has 0 radical (unpaired) electrons. The Hall–Kier alpha value is -2.80. The molecular weight excluding hydrogens is 839 g/mol. The molecule has 0 aromatic rings. The topological polar surface area (TPSA) is 214 Å². The number of amides is 2. The van der Waals surface area contributed by atoms with Crippen LogP contribution in [0.4, 0.5) is 0 Å². The van der Waals surface area contributed by atoms with Crippen molar-refractivity contribution in [1.82, 2.24) is 15.1 Å². The van der Waals surface area contributed by atoms with Gasteiger partial charge in [0.15, 0.2) is 0 Å². The number of hydrogen-bond acceptors (Lipinski definition) is 14. The maximum atomic E-state index is 14.5. The van der Waals surface area contributed by atoms with Gasteiger partial charge in [-0.05, 0) is 102 Å². The molecule has 5 aliphatic rings. The molecule has 3 saturated heterocycles. The summed E-state index contributed by atoms with van der Waals surface area (Å²) in [6.07, 6.45) is 3.47.